The maximum atomic E-state index is 6.13. The normalized spacial score (nSPS) is 11.5. The van der Waals surface area contributed by atoms with Crippen LogP contribution in [0.1, 0.15) is 5.56 Å². The van der Waals surface area contributed by atoms with Gasteiger partial charge in [0.05, 0.1) is 11.2 Å². The molecule has 0 atom stereocenters. The molecule has 3 heteroatoms. The Bertz CT molecular complexity index is 1220. The van der Waals surface area contributed by atoms with Crippen LogP contribution in [0.4, 0.5) is 0 Å². The van der Waals surface area contributed by atoms with E-state index in [1.54, 1.807) is 0 Å². The van der Waals surface area contributed by atoms with Crippen LogP contribution in [0.2, 0.25) is 0 Å². The zero-order chi connectivity index (χ0) is 16.1. The number of fused-ring (bicyclic) bond motifs is 4. The summed E-state index contributed by atoms with van der Waals surface area (Å²) in [5, 5.41) is 3.23. The Labute approximate surface area is 138 Å². The number of hydrogen-bond acceptors (Lipinski definition) is 3. The summed E-state index contributed by atoms with van der Waals surface area (Å²) in [7, 11) is 0. The standard InChI is InChI=1S/C21H14N2O/c1-13-9-10-22-19(11-13)16-7-4-6-15-17-12-14-5-2-3-8-18(14)23-21(17)24-20(15)16/h2-12H,1H3. The van der Waals surface area contributed by atoms with Crippen LogP contribution < -0.4 is 0 Å². The number of benzene rings is 2. The fourth-order valence-corrected chi connectivity index (χ4v) is 3.21. The zero-order valence-corrected chi connectivity index (χ0v) is 13.2. The van der Waals surface area contributed by atoms with Gasteiger partial charge in [0.2, 0.25) is 5.71 Å². The Hall–Kier alpha value is -3.20. The predicted octanol–water partition coefficient (Wildman–Crippen LogP) is 5.50. The Morgan fingerprint density at radius 3 is 2.71 bits per heavy atom. The fraction of sp³-hybridized carbons (Fsp3) is 0.0476. The van der Waals surface area contributed by atoms with E-state index in [0.717, 1.165) is 38.5 Å². The van der Waals surface area contributed by atoms with Crippen LogP contribution in [0.15, 0.2) is 71.3 Å². The molecule has 3 aromatic heterocycles. The van der Waals surface area contributed by atoms with Gasteiger partial charge in [0, 0.05) is 27.9 Å². The topological polar surface area (TPSA) is 38.9 Å². The highest BCUT2D eigenvalue weighted by molar-refractivity contribution is 6.10. The second kappa shape index (κ2) is 4.90. The van der Waals surface area contributed by atoms with Crippen molar-refractivity contribution in [3.63, 3.8) is 0 Å². The molecule has 114 valence electrons. The zero-order valence-electron chi connectivity index (χ0n) is 13.2. The summed E-state index contributed by atoms with van der Waals surface area (Å²) >= 11 is 0. The van der Waals surface area contributed by atoms with Gasteiger partial charge in [-0.15, -0.1) is 0 Å². The summed E-state index contributed by atoms with van der Waals surface area (Å²) in [6, 6.07) is 20.5. The van der Waals surface area contributed by atoms with E-state index in [0.29, 0.717) is 5.71 Å². The molecular formula is C21H14N2O. The quantitative estimate of drug-likeness (QED) is 0.410. The third-order valence-corrected chi connectivity index (χ3v) is 4.38. The van der Waals surface area contributed by atoms with Crippen LogP contribution in [-0.2, 0) is 0 Å². The molecule has 0 N–H and O–H groups in total. The number of pyridine rings is 2. The van der Waals surface area contributed by atoms with Crippen molar-refractivity contribution < 1.29 is 4.42 Å². The van der Waals surface area contributed by atoms with E-state index in [1.165, 1.54) is 5.56 Å². The number of nitrogens with zero attached hydrogens (tertiary/aromatic N) is 2. The minimum Gasteiger partial charge on any atom is -0.437 e. The average Bonchev–Trinajstić information content (AvgIpc) is 2.97. The van der Waals surface area contributed by atoms with Crippen molar-refractivity contribution in [2.24, 2.45) is 0 Å². The molecule has 5 aromatic rings. The summed E-state index contributed by atoms with van der Waals surface area (Å²) in [4.78, 5) is 9.18. The van der Waals surface area contributed by atoms with Crippen LogP contribution in [0.3, 0.4) is 0 Å². The first kappa shape index (κ1) is 13.3. The van der Waals surface area contributed by atoms with E-state index in [1.807, 2.05) is 42.6 Å². The van der Waals surface area contributed by atoms with Gasteiger partial charge >= 0.3 is 0 Å². The van der Waals surface area contributed by atoms with Gasteiger partial charge in [0.15, 0.2) is 0 Å². The molecule has 0 aliphatic rings. The first-order valence-corrected chi connectivity index (χ1v) is 7.94. The smallest absolute Gasteiger partial charge is 0.227 e. The average molecular weight is 310 g/mol. The van der Waals surface area contributed by atoms with Gasteiger partial charge in [0.1, 0.15) is 5.58 Å². The number of rotatable bonds is 1. The molecule has 0 saturated heterocycles. The highest BCUT2D eigenvalue weighted by Crippen LogP contribution is 2.35. The molecule has 3 heterocycles. The summed E-state index contributed by atoms with van der Waals surface area (Å²) < 4.78 is 6.13. The molecule has 0 amide bonds. The minimum atomic E-state index is 0.670. The Balaban J connectivity index is 1.88. The van der Waals surface area contributed by atoms with Crippen molar-refractivity contribution in [3.8, 4) is 11.3 Å². The monoisotopic (exact) mass is 310 g/mol. The predicted molar refractivity (Wildman–Crippen MR) is 97.0 cm³/mol. The van der Waals surface area contributed by atoms with Gasteiger partial charge in [-0.25, -0.2) is 4.98 Å². The first-order chi connectivity index (χ1) is 11.8. The number of aryl methyl sites for hydroxylation is 1. The van der Waals surface area contributed by atoms with Crippen molar-refractivity contribution in [2.75, 3.05) is 0 Å². The van der Waals surface area contributed by atoms with Crippen LogP contribution in [0.25, 0.3) is 44.2 Å². The van der Waals surface area contributed by atoms with Gasteiger partial charge in [-0.05, 0) is 42.8 Å². The molecule has 24 heavy (non-hydrogen) atoms. The van der Waals surface area contributed by atoms with Crippen LogP contribution in [0.5, 0.6) is 0 Å². The molecule has 0 fully saturated rings. The lowest BCUT2D eigenvalue weighted by molar-refractivity contribution is 0.657. The van der Waals surface area contributed by atoms with Gasteiger partial charge in [-0.2, -0.15) is 0 Å². The first-order valence-electron chi connectivity index (χ1n) is 7.94. The molecule has 0 saturated carbocycles. The Morgan fingerprint density at radius 1 is 0.875 bits per heavy atom. The van der Waals surface area contributed by atoms with E-state index >= 15 is 0 Å². The number of hydrogen-bond donors (Lipinski definition) is 0. The second-order valence-electron chi connectivity index (χ2n) is 6.04. The summed E-state index contributed by atoms with van der Waals surface area (Å²) in [5.41, 5.74) is 5.55. The third kappa shape index (κ3) is 1.91. The number of furan rings is 1. The molecule has 0 unspecified atom stereocenters. The number of aromatic nitrogens is 2. The Kier molecular flexibility index (Phi) is 2.71. The van der Waals surface area contributed by atoms with E-state index in [2.05, 4.69) is 41.2 Å². The number of para-hydroxylation sites is 2. The van der Waals surface area contributed by atoms with Gasteiger partial charge in [0.25, 0.3) is 0 Å². The highest BCUT2D eigenvalue weighted by Gasteiger charge is 2.14. The second-order valence-corrected chi connectivity index (χ2v) is 6.04. The lowest BCUT2D eigenvalue weighted by Crippen LogP contribution is -1.84. The van der Waals surface area contributed by atoms with Gasteiger partial charge < -0.3 is 4.42 Å². The largest absolute Gasteiger partial charge is 0.437 e. The summed E-state index contributed by atoms with van der Waals surface area (Å²) in [6.07, 6.45) is 1.83. The van der Waals surface area contributed by atoms with E-state index in [-0.39, 0.29) is 0 Å². The van der Waals surface area contributed by atoms with Crippen molar-refractivity contribution in [3.05, 3.63) is 72.4 Å². The van der Waals surface area contributed by atoms with Crippen molar-refractivity contribution in [2.45, 2.75) is 6.92 Å². The van der Waals surface area contributed by atoms with E-state index in [4.69, 9.17) is 4.42 Å². The fourth-order valence-electron chi connectivity index (χ4n) is 3.21. The lowest BCUT2D eigenvalue weighted by Gasteiger charge is -2.02. The van der Waals surface area contributed by atoms with E-state index in [9.17, 15) is 0 Å². The molecule has 2 aromatic carbocycles. The van der Waals surface area contributed by atoms with Crippen molar-refractivity contribution in [1.29, 1.82) is 0 Å². The van der Waals surface area contributed by atoms with Crippen LogP contribution >= 0.6 is 0 Å². The minimum absolute atomic E-state index is 0.670. The molecule has 0 aliphatic heterocycles. The molecule has 3 nitrogen and oxygen atoms in total. The van der Waals surface area contributed by atoms with Crippen molar-refractivity contribution in [1.82, 2.24) is 9.97 Å². The Morgan fingerprint density at radius 2 is 1.79 bits per heavy atom. The van der Waals surface area contributed by atoms with Gasteiger partial charge in [-0.3, -0.25) is 4.98 Å². The van der Waals surface area contributed by atoms with Crippen LogP contribution in [0, 0.1) is 6.92 Å². The lowest BCUT2D eigenvalue weighted by atomic mass is 10.1. The molecule has 0 bridgehead atoms. The van der Waals surface area contributed by atoms with Gasteiger partial charge in [-0.1, -0.05) is 30.3 Å². The van der Waals surface area contributed by atoms with Crippen molar-refractivity contribution >= 4 is 33.0 Å². The van der Waals surface area contributed by atoms with Crippen LogP contribution in [-0.4, -0.2) is 9.97 Å². The third-order valence-electron chi connectivity index (χ3n) is 4.38. The highest BCUT2D eigenvalue weighted by atomic mass is 16.3. The molecule has 0 spiro atoms. The molecular weight excluding hydrogens is 296 g/mol. The molecule has 0 radical (unpaired) electrons. The maximum Gasteiger partial charge on any atom is 0.227 e. The summed E-state index contributed by atoms with van der Waals surface area (Å²) in [6.45, 7) is 2.07. The van der Waals surface area contributed by atoms with E-state index < -0.39 is 0 Å². The summed E-state index contributed by atoms with van der Waals surface area (Å²) in [5.74, 6) is 0. The SMILES string of the molecule is Cc1ccnc(-c2cccc3c2oc2nc4ccccc4cc23)c1. The molecule has 0 aliphatic carbocycles. The maximum absolute atomic E-state index is 6.13. The molecule has 5 rings (SSSR count).